The van der Waals surface area contributed by atoms with E-state index in [1.54, 1.807) is 30.1 Å². The van der Waals surface area contributed by atoms with Crippen molar-refractivity contribution in [2.45, 2.75) is 25.8 Å². The Morgan fingerprint density at radius 2 is 2.04 bits per heavy atom. The number of aromatic nitrogens is 3. The number of fused-ring (bicyclic) bond motifs is 1. The lowest BCUT2D eigenvalue weighted by Gasteiger charge is -2.15. The van der Waals surface area contributed by atoms with Gasteiger partial charge < -0.3 is 15.2 Å². The fourth-order valence-electron chi connectivity index (χ4n) is 2.87. The maximum absolute atomic E-state index is 12.6. The zero-order valence-corrected chi connectivity index (χ0v) is 15.1. The molecule has 0 aliphatic rings. The van der Waals surface area contributed by atoms with Crippen LogP contribution in [0.2, 0.25) is 0 Å². The van der Waals surface area contributed by atoms with Crippen LogP contribution in [0.4, 0.5) is 0 Å². The minimum atomic E-state index is -0.224. The highest BCUT2D eigenvalue weighted by atomic mass is 16.5. The quantitative estimate of drug-likeness (QED) is 0.710. The van der Waals surface area contributed by atoms with Gasteiger partial charge in [-0.25, -0.2) is 4.98 Å². The molecule has 0 aliphatic carbocycles. The third kappa shape index (κ3) is 3.61. The summed E-state index contributed by atoms with van der Waals surface area (Å²) >= 11 is 0. The van der Waals surface area contributed by atoms with Gasteiger partial charge in [0.15, 0.2) is 5.65 Å². The highest BCUT2D eigenvalue weighted by Crippen LogP contribution is 2.27. The van der Waals surface area contributed by atoms with Crippen LogP contribution in [0.1, 0.15) is 29.3 Å². The van der Waals surface area contributed by atoms with Gasteiger partial charge in [0.1, 0.15) is 17.1 Å². The number of phenolic OH excluding ortho intramolecular Hbond substituents is 1. The molecule has 2 heterocycles. The van der Waals surface area contributed by atoms with Crippen molar-refractivity contribution in [3.05, 3.63) is 47.8 Å². The van der Waals surface area contributed by atoms with E-state index in [9.17, 15) is 9.90 Å². The van der Waals surface area contributed by atoms with E-state index in [1.807, 2.05) is 19.1 Å². The van der Waals surface area contributed by atoms with Crippen molar-refractivity contribution >= 4 is 16.9 Å². The van der Waals surface area contributed by atoms with Crippen molar-refractivity contribution in [2.24, 2.45) is 7.05 Å². The lowest BCUT2D eigenvalue weighted by Crippen LogP contribution is -2.33. The van der Waals surface area contributed by atoms with Crippen LogP contribution in [0, 0.1) is 0 Å². The number of hydrogen-bond donors (Lipinski definition) is 2. The Bertz CT molecular complexity index is 918. The molecule has 136 valence electrons. The first-order valence-corrected chi connectivity index (χ1v) is 8.43. The molecule has 0 saturated heterocycles. The van der Waals surface area contributed by atoms with E-state index in [0.717, 1.165) is 18.4 Å². The molecular formula is C19H22N4O3. The lowest BCUT2D eigenvalue weighted by atomic mass is 10.1. The number of nitrogens with zero attached hydrogens (tertiary/aromatic N) is 3. The summed E-state index contributed by atoms with van der Waals surface area (Å²) in [7, 11) is 3.33. The zero-order chi connectivity index (χ0) is 18.7. The average molecular weight is 354 g/mol. The SMILES string of the molecule is COc1c(C(=O)N[C@@H](C)CCc2ccc(O)cc2)cnc2c1cnn2C. The summed E-state index contributed by atoms with van der Waals surface area (Å²) in [6.07, 6.45) is 4.75. The Labute approximate surface area is 151 Å². The number of carbonyl (C=O) groups is 1. The number of amides is 1. The molecule has 1 amide bonds. The van der Waals surface area contributed by atoms with E-state index in [1.165, 1.54) is 13.3 Å². The van der Waals surface area contributed by atoms with Crippen molar-refractivity contribution < 1.29 is 14.6 Å². The van der Waals surface area contributed by atoms with Gasteiger partial charge in [0, 0.05) is 19.3 Å². The Kier molecular flexibility index (Phi) is 5.06. The fourth-order valence-corrected chi connectivity index (χ4v) is 2.87. The molecule has 7 nitrogen and oxygen atoms in total. The summed E-state index contributed by atoms with van der Waals surface area (Å²) in [6, 6.07) is 7.07. The Morgan fingerprint density at radius 3 is 2.73 bits per heavy atom. The summed E-state index contributed by atoms with van der Waals surface area (Å²) in [4.78, 5) is 17.0. The minimum Gasteiger partial charge on any atom is -0.508 e. The van der Waals surface area contributed by atoms with Gasteiger partial charge >= 0.3 is 0 Å². The summed E-state index contributed by atoms with van der Waals surface area (Å²) < 4.78 is 7.08. The van der Waals surface area contributed by atoms with E-state index >= 15 is 0 Å². The van der Waals surface area contributed by atoms with Crippen molar-refractivity contribution in [1.82, 2.24) is 20.1 Å². The molecular weight excluding hydrogens is 332 g/mol. The Balaban J connectivity index is 1.69. The smallest absolute Gasteiger partial charge is 0.256 e. The largest absolute Gasteiger partial charge is 0.508 e. The van der Waals surface area contributed by atoms with Crippen LogP contribution in [-0.4, -0.2) is 38.9 Å². The van der Waals surface area contributed by atoms with Crippen molar-refractivity contribution in [2.75, 3.05) is 7.11 Å². The van der Waals surface area contributed by atoms with E-state index < -0.39 is 0 Å². The van der Waals surface area contributed by atoms with E-state index in [-0.39, 0.29) is 17.7 Å². The number of aromatic hydroxyl groups is 1. The monoisotopic (exact) mass is 354 g/mol. The van der Waals surface area contributed by atoms with Gasteiger partial charge in [-0.15, -0.1) is 0 Å². The number of pyridine rings is 1. The van der Waals surface area contributed by atoms with Gasteiger partial charge in [-0.05, 0) is 37.5 Å². The van der Waals surface area contributed by atoms with E-state index in [4.69, 9.17) is 4.74 Å². The van der Waals surface area contributed by atoms with Crippen LogP contribution in [0.5, 0.6) is 11.5 Å². The van der Waals surface area contributed by atoms with Crippen LogP contribution >= 0.6 is 0 Å². The molecule has 0 fully saturated rings. The maximum Gasteiger partial charge on any atom is 0.256 e. The summed E-state index contributed by atoms with van der Waals surface area (Å²) in [6.45, 7) is 1.96. The van der Waals surface area contributed by atoms with Gasteiger partial charge in [0.05, 0.1) is 18.7 Å². The summed E-state index contributed by atoms with van der Waals surface area (Å²) in [5.41, 5.74) is 2.17. The number of benzene rings is 1. The second-order valence-electron chi connectivity index (χ2n) is 6.29. The molecule has 2 aromatic heterocycles. The van der Waals surface area contributed by atoms with Gasteiger partial charge in [-0.1, -0.05) is 12.1 Å². The molecule has 3 rings (SSSR count). The summed E-state index contributed by atoms with van der Waals surface area (Å²) in [5, 5.41) is 17.2. The molecule has 0 bridgehead atoms. The van der Waals surface area contributed by atoms with E-state index in [2.05, 4.69) is 15.4 Å². The molecule has 0 saturated carbocycles. The van der Waals surface area contributed by atoms with Gasteiger partial charge in [0.25, 0.3) is 5.91 Å². The number of rotatable bonds is 6. The number of carbonyl (C=O) groups excluding carboxylic acids is 1. The lowest BCUT2D eigenvalue weighted by molar-refractivity contribution is 0.0935. The molecule has 0 unspecified atom stereocenters. The maximum atomic E-state index is 12.6. The van der Waals surface area contributed by atoms with Gasteiger partial charge in [-0.2, -0.15) is 5.10 Å². The van der Waals surface area contributed by atoms with Crippen LogP contribution in [0.3, 0.4) is 0 Å². The molecule has 0 radical (unpaired) electrons. The highest BCUT2D eigenvalue weighted by Gasteiger charge is 2.19. The molecule has 26 heavy (non-hydrogen) atoms. The van der Waals surface area contributed by atoms with Gasteiger partial charge in [0.2, 0.25) is 0 Å². The molecule has 1 atom stereocenters. The van der Waals surface area contributed by atoms with Crippen LogP contribution in [0.25, 0.3) is 11.0 Å². The normalized spacial score (nSPS) is 12.1. The first kappa shape index (κ1) is 17.7. The third-order valence-corrected chi connectivity index (χ3v) is 4.34. The standard InChI is InChI=1S/C19H22N4O3/c1-12(4-5-13-6-8-14(24)9-7-13)22-19(25)16-10-20-18-15(17(16)26-3)11-21-23(18)2/h6-12,24H,4-5H2,1-3H3,(H,22,25)/t12-/m0/s1. The first-order valence-electron chi connectivity index (χ1n) is 8.43. The minimum absolute atomic E-state index is 0.0226. The number of ether oxygens (including phenoxy) is 1. The Hall–Kier alpha value is -3.09. The average Bonchev–Trinajstić information content (AvgIpc) is 3.01. The molecule has 7 heteroatoms. The number of phenols is 1. The third-order valence-electron chi connectivity index (χ3n) is 4.34. The second kappa shape index (κ2) is 7.43. The molecule has 0 spiro atoms. The number of nitrogens with one attached hydrogen (secondary N) is 1. The predicted molar refractivity (Wildman–Crippen MR) is 98.4 cm³/mol. The highest BCUT2D eigenvalue weighted by molar-refractivity contribution is 6.01. The van der Waals surface area contributed by atoms with Crippen LogP contribution in [-0.2, 0) is 13.5 Å². The van der Waals surface area contributed by atoms with Crippen LogP contribution < -0.4 is 10.1 Å². The van der Waals surface area contributed by atoms with Gasteiger partial charge in [-0.3, -0.25) is 9.48 Å². The zero-order valence-electron chi connectivity index (χ0n) is 15.1. The topological polar surface area (TPSA) is 89.3 Å². The molecule has 3 aromatic rings. The summed E-state index contributed by atoms with van der Waals surface area (Å²) in [5.74, 6) is 0.505. The first-order chi connectivity index (χ1) is 12.5. The number of methoxy groups -OCH3 is 1. The van der Waals surface area contributed by atoms with Crippen molar-refractivity contribution in [3.8, 4) is 11.5 Å². The van der Waals surface area contributed by atoms with E-state index in [0.29, 0.717) is 22.3 Å². The number of aryl methyl sites for hydroxylation is 2. The van der Waals surface area contributed by atoms with Crippen molar-refractivity contribution in [1.29, 1.82) is 0 Å². The molecule has 2 N–H and O–H groups in total. The second-order valence-corrected chi connectivity index (χ2v) is 6.29. The van der Waals surface area contributed by atoms with Crippen LogP contribution in [0.15, 0.2) is 36.7 Å². The fraction of sp³-hybridized carbons (Fsp3) is 0.316. The predicted octanol–water partition coefficient (Wildman–Crippen LogP) is 2.43. The Morgan fingerprint density at radius 1 is 1.31 bits per heavy atom. The molecule has 0 aliphatic heterocycles. The molecule has 1 aromatic carbocycles. The number of hydrogen-bond acceptors (Lipinski definition) is 5. The van der Waals surface area contributed by atoms with Crippen molar-refractivity contribution in [3.63, 3.8) is 0 Å².